The molecule has 0 aliphatic heterocycles. The fourth-order valence-electron chi connectivity index (χ4n) is 3.30. The number of rotatable bonds is 7. The van der Waals surface area contributed by atoms with Crippen LogP contribution < -0.4 is 9.47 Å². The van der Waals surface area contributed by atoms with E-state index in [1.165, 1.54) is 0 Å². The Morgan fingerprint density at radius 2 is 1.86 bits per heavy atom. The van der Waals surface area contributed by atoms with Crippen molar-refractivity contribution in [2.24, 2.45) is 0 Å². The Balaban J connectivity index is 1.43. The lowest BCUT2D eigenvalue weighted by molar-refractivity contribution is 0.361. The highest BCUT2D eigenvalue weighted by molar-refractivity contribution is 6.31. The van der Waals surface area contributed by atoms with E-state index in [0.717, 1.165) is 52.7 Å². The first-order valence-electron chi connectivity index (χ1n) is 9.29. The summed E-state index contributed by atoms with van der Waals surface area (Å²) in [6.07, 6.45) is 7.91. The number of nitrogens with one attached hydrogen (secondary N) is 1. The molecule has 4 rings (SSSR count). The molecule has 0 amide bonds. The third-order valence-electron chi connectivity index (χ3n) is 4.83. The first kappa shape index (κ1) is 19.2. The van der Waals surface area contributed by atoms with Gasteiger partial charge in [-0.15, -0.1) is 0 Å². The molecule has 4 aromatic rings. The summed E-state index contributed by atoms with van der Waals surface area (Å²) in [5, 5.41) is 1.68. The van der Waals surface area contributed by atoms with E-state index in [2.05, 4.69) is 32.1 Å². The molecule has 7 heteroatoms. The van der Waals surface area contributed by atoms with Gasteiger partial charge in [0.2, 0.25) is 11.8 Å². The van der Waals surface area contributed by atoms with Gasteiger partial charge in [-0.3, -0.25) is 4.98 Å². The van der Waals surface area contributed by atoms with E-state index in [4.69, 9.17) is 21.1 Å². The van der Waals surface area contributed by atoms with Crippen molar-refractivity contribution >= 4 is 22.6 Å². The number of aromatic amines is 1. The number of aromatic nitrogens is 4. The molecule has 0 unspecified atom stereocenters. The van der Waals surface area contributed by atoms with Crippen LogP contribution in [0.5, 0.6) is 11.8 Å². The van der Waals surface area contributed by atoms with Gasteiger partial charge in [0.15, 0.2) is 0 Å². The molecular formula is C22H21ClN4O2. The van der Waals surface area contributed by atoms with Gasteiger partial charge in [0.25, 0.3) is 0 Å². The molecule has 0 fully saturated rings. The van der Waals surface area contributed by atoms with Crippen LogP contribution in [0.1, 0.15) is 22.4 Å². The molecule has 0 aromatic carbocycles. The lowest BCUT2D eigenvalue weighted by atomic mass is 10.1. The van der Waals surface area contributed by atoms with Crippen LogP contribution in [0, 0.1) is 0 Å². The Morgan fingerprint density at radius 1 is 0.966 bits per heavy atom. The summed E-state index contributed by atoms with van der Waals surface area (Å²) in [4.78, 5) is 16.4. The summed E-state index contributed by atoms with van der Waals surface area (Å²) < 4.78 is 10.5. The maximum absolute atomic E-state index is 6.09. The molecule has 0 saturated heterocycles. The molecule has 0 spiro atoms. The molecule has 4 aromatic heterocycles. The summed E-state index contributed by atoms with van der Waals surface area (Å²) >= 11 is 6.09. The van der Waals surface area contributed by atoms with Crippen LogP contribution >= 0.6 is 11.6 Å². The third-order valence-corrected chi connectivity index (χ3v) is 5.04. The van der Waals surface area contributed by atoms with Crippen LogP contribution in [0.2, 0.25) is 5.02 Å². The third kappa shape index (κ3) is 4.32. The van der Waals surface area contributed by atoms with Crippen LogP contribution in [0.4, 0.5) is 0 Å². The Morgan fingerprint density at radius 3 is 2.62 bits per heavy atom. The topological polar surface area (TPSA) is 72.9 Å². The Hall–Kier alpha value is -3.12. The second-order valence-electron chi connectivity index (χ2n) is 6.72. The van der Waals surface area contributed by atoms with Crippen molar-refractivity contribution in [2.45, 2.75) is 19.3 Å². The van der Waals surface area contributed by atoms with Gasteiger partial charge in [-0.25, -0.2) is 4.98 Å². The number of pyridine rings is 3. The summed E-state index contributed by atoms with van der Waals surface area (Å²) in [5.41, 5.74) is 5.19. The summed E-state index contributed by atoms with van der Waals surface area (Å²) in [7, 11) is 3.21. The summed E-state index contributed by atoms with van der Waals surface area (Å²) in [5.74, 6) is 1.13. The number of ether oxygens (including phenoxy) is 2. The maximum atomic E-state index is 6.09. The van der Waals surface area contributed by atoms with Crippen LogP contribution in [0.3, 0.4) is 0 Å². The molecule has 4 heterocycles. The minimum Gasteiger partial charge on any atom is -0.481 e. The van der Waals surface area contributed by atoms with Crippen molar-refractivity contribution in [3.05, 3.63) is 76.3 Å². The summed E-state index contributed by atoms with van der Waals surface area (Å²) in [6.45, 7) is 0. The number of hydrogen-bond acceptors (Lipinski definition) is 5. The standard InChI is InChI=1S/C22H21ClN4O2/c1-28-20-8-5-15(22(27-20)29-2)4-7-18-6-3-14(11-24-18)9-16-12-25-21-19(16)10-17(23)13-26-21/h3,5-6,8,10-13H,4,7,9H2,1-2H3,(H,25,26). The fourth-order valence-corrected chi connectivity index (χ4v) is 3.46. The first-order valence-corrected chi connectivity index (χ1v) is 9.67. The van der Waals surface area contributed by atoms with Gasteiger partial charge < -0.3 is 14.5 Å². The molecule has 0 atom stereocenters. The predicted molar refractivity (Wildman–Crippen MR) is 113 cm³/mol. The van der Waals surface area contributed by atoms with Crippen molar-refractivity contribution in [3.63, 3.8) is 0 Å². The molecule has 29 heavy (non-hydrogen) atoms. The van der Waals surface area contributed by atoms with Crippen molar-refractivity contribution in [3.8, 4) is 11.8 Å². The Kier molecular flexibility index (Phi) is 5.62. The van der Waals surface area contributed by atoms with E-state index < -0.39 is 0 Å². The number of methoxy groups -OCH3 is 2. The molecule has 1 N–H and O–H groups in total. The highest BCUT2D eigenvalue weighted by Crippen LogP contribution is 2.23. The molecule has 6 nitrogen and oxygen atoms in total. The Labute approximate surface area is 173 Å². The SMILES string of the molecule is COc1ccc(CCc2ccc(Cc3c[nH]c4ncc(Cl)cc34)cn2)c(OC)n1. The monoisotopic (exact) mass is 408 g/mol. The normalized spacial score (nSPS) is 11.0. The second-order valence-corrected chi connectivity index (χ2v) is 7.16. The van der Waals surface area contributed by atoms with Gasteiger partial charge in [0.05, 0.1) is 19.2 Å². The summed E-state index contributed by atoms with van der Waals surface area (Å²) in [6, 6.07) is 9.95. The average Bonchev–Trinajstić information content (AvgIpc) is 3.15. The minimum absolute atomic E-state index is 0.543. The quantitative estimate of drug-likeness (QED) is 0.490. The zero-order valence-electron chi connectivity index (χ0n) is 16.3. The zero-order chi connectivity index (χ0) is 20.2. The lowest BCUT2D eigenvalue weighted by Crippen LogP contribution is -2.01. The van der Waals surface area contributed by atoms with Crippen LogP contribution in [-0.2, 0) is 19.3 Å². The molecule has 0 bridgehead atoms. The number of fused-ring (bicyclic) bond motifs is 1. The van der Waals surface area contributed by atoms with Gasteiger partial charge in [-0.05, 0) is 42.2 Å². The van der Waals surface area contributed by atoms with Gasteiger partial charge >= 0.3 is 0 Å². The fraction of sp³-hybridized carbons (Fsp3) is 0.227. The van der Waals surface area contributed by atoms with E-state index in [9.17, 15) is 0 Å². The molecule has 0 saturated carbocycles. The van der Waals surface area contributed by atoms with Gasteiger partial charge in [0.1, 0.15) is 5.65 Å². The zero-order valence-corrected chi connectivity index (χ0v) is 17.0. The largest absolute Gasteiger partial charge is 0.481 e. The van der Waals surface area contributed by atoms with Gasteiger partial charge in [-0.2, -0.15) is 4.98 Å². The van der Waals surface area contributed by atoms with Crippen molar-refractivity contribution in [1.29, 1.82) is 0 Å². The van der Waals surface area contributed by atoms with E-state index in [-0.39, 0.29) is 0 Å². The van der Waals surface area contributed by atoms with Gasteiger partial charge in [-0.1, -0.05) is 17.7 Å². The molecule has 148 valence electrons. The van der Waals surface area contributed by atoms with Crippen molar-refractivity contribution in [2.75, 3.05) is 14.2 Å². The van der Waals surface area contributed by atoms with E-state index in [1.807, 2.05) is 30.6 Å². The van der Waals surface area contributed by atoms with E-state index in [0.29, 0.717) is 16.8 Å². The molecule has 0 radical (unpaired) electrons. The van der Waals surface area contributed by atoms with Crippen LogP contribution in [0.25, 0.3) is 11.0 Å². The van der Waals surface area contributed by atoms with E-state index >= 15 is 0 Å². The average molecular weight is 409 g/mol. The number of H-pyrrole nitrogens is 1. The maximum Gasteiger partial charge on any atom is 0.219 e. The predicted octanol–water partition coefficient (Wildman–Crippen LogP) is 4.40. The Bertz CT molecular complexity index is 1130. The van der Waals surface area contributed by atoms with Crippen molar-refractivity contribution in [1.82, 2.24) is 19.9 Å². The molecule has 0 aliphatic rings. The highest BCUT2D eigenvalue weighted by Gasteiger charge is 2.09. The number of aryl methyl sites for hydroxylation is 2. The number of nitrogens with zero attached hydrogens (tertiary/aromatic N) is 3. The van der Waals surface area contributed by atoms with Gasteiger partial charge in [0, 0.05) is 47.7 Å². The lowest BCUT2D eigenvalue weighted by Gasteiger charge is -2.09. The second kappa shape index (κ2) is 8.49. The molecular weight excluding hydrogens is 388 g/mol. The smallest absolute Gasteiger partial charge is 0.219 e. The first-order chi connectivity index (χ1) is 14.2. The van der Waals surface area contributed by atoms with Crippen molar-refractivity contribution < 1.29 is 9.47 Å². The minimum atomic E-state index is 0.543. The highest BCUT2D eigenvalue weighted by atomic mass is 35.5. The molecule has 0 aliphatic carbocycles. The number of halogens is 1. The van der Waals surface area contributed by atoms with Crippen LogP contribution in [-0.4, -0.2) is 34.2 Å². The number of hydrogen-bond donors (Lipinski definition) is 1. The van der Waals surface area contributed by atoms with Crippen LogP contribution in [0.15, 0.2) is 48.9 Å². The van der Waals surface area contributed by atoms with E-state index in [1.54, 1.807) is 20.4 Å².